The van der Waals surface area contributed by atoms with Gasteiger partial charge in [-0.2, -0.15) is 0 Å². The molecule has 0 bridgehead atoms. The highest BCUT2D eigenvalue weighted by molar-refractivity contribution is 6.31. The van der Waals surface area contributed by atoms with Gasteiger partial charge in [-0.1, -0.05) is 25.4 Å². The molecule has 1 aromatic rings. The van der Waals surface area contributed by atoms with Crippen molar-refractivity contribution in [2.75, 3.05) is 0 Å². The van der Waals surface area contributed by atoms with Crippen LogP contribution < -0.4 is 4.74 Å². The van der Waals surface area contributed by atoms with Crippen molar-refractivity contribution >= 4 is 23.2 Å². The average Bonchev–Trinajstić information content (AvgIpc) is 2.35. The highest BCUT2D eigenvalue weighted by Gasteiger charge is 2.53. The van der Waals surface area contributed by atoms with Crippen LogP contribution in [0.2, 0.25) is 5.02 Å². The lowest BCUT2D eigenvalue weighted by atomic mass is 9.62. The quantitative estimate of drug-likeness (QED) is 0.690. The molecule has 1 saturated carbocycles. The van der Waals surface area contributed by atoms with Gasteiger partial charge in [-0.3, -0.25) is 0 Å². The molecular formula is C15H20Cl2O. The van der Waals surface area contributed by atoms with Crippen LogP contribution in [0.5, 0.6) is 5.75 Å². The monoisotopic (exact) mass is 286 g/mol. The van der Waals surface area contributed by atoms with Crippen LogP contribution in [0.15, 0.2) is 18.2 Å². The second-order valence-corrected chi connectivity index (χ2v) is 6.10. The predicted octanol–water partition coefficient (Wildman–Crippen LogP) is 5.21. The maximum absolute atomic E-state index is 6.39. The van der Waals surface area contributed by atoms with Crippen molar-refractivity contribution in [1.82, 2.24) is 0 Å². The summed E-state index contributed by atoms with van der Waals surface area (Å²) in [6.45, 7) is 6.39. The molecule has 1 fully saturated rings. The van der Waals surface area contributed by atoms with Crippen LogP contribution >= 0.6 is 23.2 Å². The van der Waals surface area contributed by atoms with Crippen LogP contribution in [0.4, 0.5) is 0 Å². The first-order chi connectivity index (χ1) is 8.53. The first-order valence-corrected chi connectivity index (χ1v) is 7.41. The minimum atomic E-state index is 0.134. The van der Waals surface area contributed by atoms with E-state index in [1.165, 1.54) is 0 Å². The molecule has 0 heterocycles. The Labute approximate surface area is 119 Å². The number of benzene rings is 1. The molecule has 0 spiro atoms. The van der Waals surface area contributed by atoms with E-state index in [1.807, 2.05) is 25.1 Å². The van der Waals surface area contributed by atoms with Gasteiger partial charge >= 0.3 is 0 Å². The first kappa shape index (κ1) is 14.0. The molecule has 3 heteroatoms. The summed E-state index contributed by atoms with van der Waals surface area (Å²) in [5, 5.41) is 1.02. The Kier molecular flexibility index (Phi) is 4.13. The van der Waals surface area contributed by atoms with Crippen LogP contribution in [-0.4, -0.2) is 11.5 Å². The number of ether oxygens (including phenoxy) is 1. The van der Waals surface area contributed by atoms with Crippen molar-refractivity contribution in [1.29, 1.82) is 0 Å². The van der Waals surface area contributed by atoms with Crippen molar-refractivity contribution < 1.29 is 4.74 Å². The van der Waals surface area contributed by atoms with Gasteiger partial charge in [0, 0.05) is 22.2 Å². The second kappa shape index (κ2) is 5.30. The molecule has 18 heavy (non-hydrogen) atoms. The fourth-order valence-electron chi connectivity index (χ4n) is 2.87. The van der Waals surface area contributed by atoms with Crippen LogP contribution in [0, 0.1) is 12.3 Å². The van der Waals surface area contributed by atoms with Crippen LogP contribution in [0.3, 0.4) is 0 Å². The zero-order chi connectivity index (χ0) is 13.3. The molecule has 0 saturated heterocycles. The Morgan fingerprint density at radius 2 is 2.00 bits per heavy atom. The summed E-state index contributed by atoms with van der Waals surface area (Å²) in [6, 6.07) is 5.83. The van der Waals surface area contributed by atoms with E-state index < -0.39 is 0 Å². The predicted molar refractivity (Wildman–Crippen MR) is 77.9 cm³/mol. The second-order valence-electron chi connectivity index (χ2n) is 5.16. The Morgan fingerprint density at radius 1 is 1.33 bits per heavy atom. The Hall–Kier alpha value is -0.400. The zero-order valence-corrected chi connectivity index (χ0v) is 12.7. The molecule has 100 valence electrons. The van der Waals surface area contributed by atoms with Gasteiger partial charge in [0.05, 0.1) is 0 Å². The average molecular weight is 287 g/mol. The Morgan fingerprint density at radius 3 is 2.50 bits per heavy atom. The summed E-state index contributed by atoms with van der Waals surface area (Å²) < 4.78 is 6.11. The lowest BCUT2D eigenvalue weighted by Gasteiger charge is -2.52. The van der Waals surface area contributed by atoms with Crippen LogP contribution in [0.1, 0.15) is 38.7 Å². The third kappa shape index (κ3) is 2.23. The molecule has 2 rings (SSSR count). The number of halogens is 2. The summed E-state index contributed by atoms with van der Waals surface area (Å²) in [6.07, 6.45) is 3.30. The standard InChI is InChI=1S/C15H20Cl2O/c1-4-15(5-2)13(17)9-14(15)18-11-6-7-12(16)10(3)8-11/h6-8,13-14H,4-5,9H2,1-3H3. The van der Waals surface area contributed by atoms with Gasteiger partial charge < -0.3 is 4.74 Å². The Bertz CT molecular complexity index is 427. The molecule has 0 aromatic heterocycles. The smallest absolute Gasteiger partial charge is 0.120 e. The van der Waals surface area contributed by atoms with E-state index in [2.05, 4.69) is 13.8 Å². The van der Waals surface area contributed by atoms with E-state index in [9.17, 15) is 0 Å². The fraction of sp³-hybridized carbons (Fsp3) is 0.600. The van der Waals surface area contributed by atoms with Gasteiger partial charge in [-0.15, -0.1) is 11.6 Å². The van der Waals surface area contributed by atoms with Gasteiger partial charge in [-0.25, -0.2) is 0 Å². The molecule has 2 unspecified atom stereocenters. The summed E-state index contributed by atoms with van der Waals surface area (Å²) in [4.78, 5) is 0. The van der Waals surface area contributed by atoms with E-state index in [0.29, 0.717) is 0 Å². The van der Waals surface area contributed by atoms with Gasteiger partial charge in [0.15, 0.2) is 0 Å². The molecule has 0 aliphatic heterocycles. The van der Waals surface area contributed by atoms with Gasteiger partial charge in [-0.05, 0) is 43.5 Å². The zero-order valence-electron chi connectivity index (χ0n) is 11.2. The molecule has 0 radical (unpaired) electrons. The van der Waals surface area contributed by atoms with E-state index in [0.717, 1.165) is 35.6 Å². The molecule has 2 atom stereocenters. The maximum atomic E-state index is 6.39. The summed E-state index contributed by atoms with van der Waals surface area (Å²) in [5.41, 5.74) is 1.18. The molecule has 1 aromatic carbocycles. The molecule has 1 aliphatic rings. The molecule has 1 aliphatic carbocycles. The minimum Gasteiger partial charge on any atom is -0.490 e. The number of hydrogen-bond donors (Lipinski definition) is 0. The lowest BCUT2D eigenvalue weighted by Crippen LogP contribution is -2.56. The molecule has 0 N–H and O–H groups in total. The SMILES string of the molecule is CCC1(CC)C(Cl)CC1Oc1ccc(Cl)c(C)c1. The lowest BCUT2D eigenvalue weighted by molar-refractivity contribution is -0.0462. The highest BCUT2D eigenvalue weighted by atomic mass is 35.5. The molecular weight excluding hydrogens is 267 g/mol. The van der Waals surface area contributed by atoms with Crippen LogP contribution in [-0.2, 0) is 0 Å². The number of rotatable bonds is 4. The fourth-order valence-corrected chi connectivity index (χ4v) is 3.60. The van der Waals surface area contributed by atoms with Crippen molar-refractivity contribution in [2.24, 2.45) is 5.41 Å². The third-order valence-electron chi connectivity index (χ3n) is 4.41. The van der Waals surface area contributed by atoms with Gasteiger partial charge in [0.2, 0.25) is 0 Å². The molecule has 1 nitrogen and oxygen atoms in total. The number of hydrogen-bond acceptors (Lipinski definition) is 1. The van der Waals surface area contributed by atoms with Gasteiger partial charge in [0.25, 0.3) is 0 Å². The van der Waals surface area contributed by atoms with E-state index in [1.54, 1.807) is 0 Å². The third-order valence-corrected chi connectivity index (χ3v) is 5.45. The number of aryl methyl sites for hydroxylation is 1. The number of alkyl halides is 1. The van der Waals surface area contributed by atoms with E-state index in [4.69, 9.17) is 27.9 Å². The van der Waals surface area contributed by atoms with Crippen molar-refractivity contribution in [3.63, 3.8) is 0 Å². The summed E-state index contributed by atoms with van der Waals surface area (Å²) in [5.74, 6) is 0.900. The normalized spacial score (nSPS) is 25.6. The van der Waals surface area contributed by atoms with Crippen LogP contribution in [0.25, 0.3) is 0 Å². The van der Waals surface area contributed by atoms with Crippen molar-refractivity contribution in [3.05, 3.63) is 28.8 Å². The van der Waals surface area contributed by atoms with Gasteiger partial charge in [0.1, 0.15) is 11.9 Å². The van der Waals surface area contributed by atoms with Crippen molar-refractivity contribution in [2.45, 2.75) is 51.5 Å². The van der Waals surface area contributed by atoms with E-state index >= 15 is 0 Å². The van der Waals surface area contributed by atoms with E-state index in [-0.39, 0.29) is 16.9 Å². The summed E-state index contributed by atoms with van der Waals surface area (Å²) >= 11 is 12.4. The summed E-state index contributed by atoms with van der Waals surface area (Å²) in [7, 11) is 0. The topological polar surface area (TPSA) is 9.23 Å². The Balaban J connectivity index is 2.12. The molecule has 0 amide bonds. The van der Waals surface area contributed by atoms with Crippen molar-refractivity contribution in [3.8, 4) is 5.75 Å². The minimum absolute atomic E-state index is 0.134. The first-order valence-electron chi connectivity index (χ1n) is 6.60. The largest absolute Gasteiger partial charge is 0.490 e. The maximum Gasteiger partial charge on any atom is 0.120 e. The highest BCUT2D eigenvalue weighted by Crippen LogP contribution is 2.51.